The number of pyridine rings is 1. The van der Waals surface area contributed by atoms with E-state index in [1.165, 1.54) is 0 Å². The van der Waals surface area contributed by atoms with Gasteiger partial charge in [0.1, 0.15) is 10.8 Å². The Kier molecular flexibility index (Phi) is 6.96. The molecule has 0 saturated heterocycles. The smallest absolute Gasteiger partial charge is 0.133 e. The summed E-state index contributed by atoms with van der Waals surface area (Å²) in [5.41, 5.74) is 2.31. The van der Waals surface area contributed by atoms with E-state index in [9.17, 15) is 5.11 Å². The van der Waals surface area contributed by atoms with Crippen molar-refractivity contribution in [1.82, 2.24) is 9.88 Å². The summed E-state index contributed by atoms with van der Waals surface area (Å²) in [6.45, 7) is 0.721. The average Bonchev–Trinajstić information content (AvgIpc) is 2.80. The minimum absolute atomic E-state index is 0.394. The Morgan fingerprint density at radius 3 is 2.28 bits per heavy atom. The first-order chi connectivity index (χ1) is 15.4. The minimum atomic E-state index is -1.18. The molecule has 4 rings (SSSR count). The van der Waals surface area contributed by atoms with Gasteiger partial charge in [-0.05, 0) is 55.9 Å². The SMILES string of the molecule is CN(C)CC[C@@](O)(c1ccccc1)[C@H](c1ccccc1)c1cc2cc(Br)ccc2nc1Cl. The third-order valence-electron chi connectivity index (χ3n) is 5.89. The quantitative estimate of drug-likeness (QED) is 0.284. The van der Waals surface area contributed by atoms with Crippen LogP contribution >= 0.6 is 27.5 Å². The Bertz CT molecular complexity index is 1200. The van der Waals surface area contributed by atoms with Crippen LogP contribution in [0.25, 0.3) is 10.9 Å². The Hall–Kier alpha value is -2.24. The van der Waals surface area contributed by atoms with Crippen molar-refractivity contribution in [3.8, 4) is 0 Å². The van der Waals surface area contributed by atoms with Gasteiger partial charge in [0.25, 0.3) is 0 Å². The fraction of sp³-hybridized carbons (Fsp3) is 0.222. The van der Waals surface area contributed by atoms with Gasteiger partial charge in [0.15, 0.2) is 0 Å². The highest BCUT2D eigenvalue weighted by Crippen LogP contribution is 2.46. The van der Waals surface area contributed by atoms with Crippen LogP contribution in [-0.2, 0) is 5.60 Å². The number of hydrogen-bond acceptors (Lipinski definition) is 3. The molecule has 3 aromatic carbocycles. The van der Waals surface area contributed by atoms with Crippen LogP contribution in [0.5, 0.6) is 0 Å². The molecule has 5 heteroatoms. The third-order valence-corrected chi connectivity index (χ3v) is 6.69. The summed E-state index contributed by atoms with van der Waals surface area (Å²) in [7, 11) is 4.04. The molecule has 164 valence electrons. The molecular weight excluding hydrogens is 484 g/mol. The van der Waals surface area contributed by atoms with E-state index >= 15 is 0 Å². The number of fused-ring (bicyclic) bond motifs is 1. The molecule has 1 heterocycles. The van der Waals surface area contributed by atoms with Gasteiger partial charge in [-0.15, -0.1) is 0 Å². The zero-order chi connectivity index (χ0) is 22.7. The molecule has 0 unspecified atom stereocenters. The molecule has 0 aliphatic heterocycles. The predicted octanol–water partition coefficient (Wildman–Crippen LogP) is 6.62. The number of benzene rings is 3. The third kappa shape index (κ3) is 4.74. The molecule has 0 fully saturated rings. The number of halogens is 2. The molecule has 4 aromatic rings. The number of aliphatic hydroxyl groups is 1. The van der Waals surface area contributed by atoms with Crippen LogP contribution < -0.4 is 0 Å². The lowest BCUT2D eigenvalue weighted by Gasteiger charge is -2.38. The normalized spacial score (nSPS) is 14.4. The van der Waals surface area contributed by atoms with E-state index in [0.29, 0.717) is 11.6 Å². The second-order valence-electron chi connectivity index (χ2n) is 8.39. The first kappa shape index (κ1) is 22.9. The van der Waals surface area contributed by atoms with Crippen LogP contribution in [0.15, 0.2) is 89.4 Å². The summed E-state index contributed by atoms with van der Waals surface area (Å²) in [5.74, 6) is -0.394. The summed E-state index contributed by atoms with van der Waals surface area (Å²) in [6.07, 6.45) is 0.538. The zero-order valence-corrected chi connectivity index (χ0v) is 20.5. The van der Waals surface area contributed by atoms with Crippen molar-refractivity contribution < 1.29 is 5.11 Å². The maximum atomic E-state index is 12.4. The van der Waals surface area contributed by atoms with Crippen LogP contribution in [0.1, 0.15) is 29.0 Å². The fourth-order valence-corrected chi connectivity index (χ4v) is 4.91. The van der Waals surface area contributed by atoms with Gasteiger partial charge in [-0.1, -0.05) is 88.2 Å². The molecule has 3 nitrogen and oxygen atoms in total. The van der Waals surface area contributed by atoms with E-state index in [0.717, 1.165) is 38.6 Å². The summed E-state index contributed by atoms with van der Waals surface area (Å²) in [6, 6.07) is 28.0. The molecule has 32 heavy (non-hydrogen) atoms. The largest absolute Gasteiger partial charge is 0.384 e. The fourth-order valence-electron chi connectivity index (χ4n) is 4.28. The zero-order valence-electron chi connectivity index (χ0n) is 18.2. The van der Waals surface area contributed by atoms with Crippen molar-refractivity contribution in [1.29, 1.82) is 0 Å². The molecule has 0 aliphatic rings. The van der Waals surface area contributed by atoms with E-state index in [2.05, 4.69) is 44.0 Å². The molecule has 1 aromatic heterocycles. The second kappa shape index (κ2) is 9.72. The highest BCUT2D eigenvalue weighted by atomic mass is 79.9. The number of rotatable bonds is 7. The van der Waals surface area contributed by atoms with Crippen LogP contribution in [0.3, 0.4) is 0 Å². The van der Waals surface area contributed by atoms with Gasteiger partial charge >= 0.3 is 0 Å². The number of hydrogen-bond donors (Lipinski definition) is 1. The molecular formula is C27H26BrClN2O. The van der Waals surface area contributed by atoms with Gasteiger partial charge in [-0.2, -0.15) is 0 Å². The van der Waals surface area contributed by atoms with Crippen molar-refractivity contribution in [2.75, 3.05) is 20.6 Å². The number of aromatic nitrogens is 1. The van der Waals surface area contributed by atoms with Gasteiger partial charge < -0.3 is 10.0 Å². The molecule has 0 spiro atoms. The maximum absolute atomic E-state index is 12.4. The summed E-state index contributed by atoms with van der Waals surface area (Å²) >= 11 is 10.4. The van der Waals surface area contributed by atoms with Gasteiger partial charge in [-0.3, -0.25) is 0 Å². The maximum Gasteiger partial charge on any atom is 0.133 e. The van der Waals surface area contributed by atoms with E-state index in [1.807, 2.05) is 80.8 Å². The molecule has 0 aliphatic carbocycles. The lowest BCUT2D eigenvalue weighted by molar-refractivity contribution is 0.00446. The Morgan fingerprint density at radius 2 is 1.62 bits per heavy atom. The van der Waals surface area contributed by atoms with E-state index in [-0.39, 0.29) is 0 Å². The van der Waals surface area contributed by atoms with Crippen LogP contribution in [0, 0.1) is 0 Å². The molecule has 0 amide bonds. The summed E-state index contributed by atoms with van der Waals surface area (Å²) in [5, 5.41) is 13.8. The molecule has 0 radical (unpaired) electrons. The monoisotopic (exact) mass is 508 g/mol. The van der Waals surface area contributed by atoms with Crippen LogP contribution in [0.4, 0.5) is 0 Å². The molecule has 0 saturated carbocycles. The second-order valence-corrected chi connectivity index (χ2v) is 9.67. The highest BCUT2D eigenvalue weighted by molar-refractivity contribution is 9.10. The predicted molar refractivity (Wildman–Crippen MR) is 136 cm³/mol. The van der Waals surface area contributed by atoms with Crippen LogP contribution in [-0.4, -0.2) is 35.6 Å². The lowest BCUT2D eigenvalue weighted by Crippen LogP contribution is -2.37. The summed E-state index contributed by atoms with van der Waals surface area (Å²) < 4.78 is 0.974. The molecule has 1 N–H and O–H groups in total. The molecule has 2 atom stereocenters. The topological polar surface area (TPSA) is 36.4 Å². The highest BCUT2D eigenvalue weighted by Gasteiger charge is 2.41. The van der Waals surface area contributed by atoms with Gasteiger partial charge in [0, 0.05) is 27.9 Å². The standard InChI is InChI=1S/C27H26BrClN2O/c1-31(2)16-15-27(32,21-11-7-4-8-12-21)25(19-9-5-3-6-10-19)23-18-20-17-22(28)13-14-24(20)30-26(23)29/h3-14,17-18,25,32H,15-16H2,1-2H3/t25-,27-/m1/s1. The van der Waals surface area contributed by atoms with Crippen LogP contribution in [0.2, 0.25) is 5.15 Å². The first-order valence-corrected chi connectivity index (χ1v) is 11.8. The lowest BCUT2D eigenvalue weighted by atomic mass is 9.72. The van der Waals surface area contributed by atoms with Gasteiger partial charge in [0.2, 0.25) is 0 Å². The Balaban J connectivity index is 1.98. The van der Waals surface area contributed by atoms with E-state index in [4.69, 9.17) is 11.6 Å². The van der Waals surface area contributed by atoms with E-state index < -0.39 is 11.5 Å². The van der Waals surface area contributed by atoms with Crippen molar-refractivity contribution in [3.63, 3.8) is 0 Å². The first-order valence-electron chi connectivity index (χ1n) is 10.6. The van der Waals surface area contributed by atoms with Gasteiger partial charge in [-0.25, -0.2) is 4.98 Å². The van der Waals surface area contributed by atoms with Gasteiger partial charge in [0.05, 0.1) is 5.52 Å². The van der Waals surface area contributed by atoms with Crippen molar-refractivity contribution in [2.45, 2.75) is 17.9 Å². The Labute approximate surface area is 202 Å². The van der Waals surface area contributed by atoms with Crippen molar-refractivity contribution in [3.05, 3.63) is 111 Å². The molecule has 0 bridgehead atoms. The minimum Gasteiger partial charge on any atom is -0.384 e. The summed E-state index contributed by atoms with van der Waals surface area (Å²) in [4.78, 5) is 6.78. The van der Waals surface area contributed by atoms with Crippen molar-refractivity contribution >= 4 is 38.4 Å². The van der Waals surface area contributed by atoms with Crippen molar-refractivity contribution in [2.24, 2.45) is 0 Å². The average molecular weight is 510 g/mol. The number of nitrogens with zero attached hydrogens (tertiary/aromatic N) is 2. The Morgan fingerprint density at radius 1 is 0.969 bits per heavy atom. The van der Waals surface area contributed by atoms with E-state index in [1.54, 1.807) is 0 Å².